The number of sulfonamides is 1. The van der Waals surface area contributed by atoms with Crippen molar-refractivity contribution in [3.05, 3.63) is 72.9 Å². The average molecular weight is 383 g/mol. The minimum absolute atomic E-state index is 0.125. The molecule has 3 aromatic rings. The van der Waals surface area contributed by atoms with E-state index >= 15 is 0 Å². The number of anilines is 3. The first kappa shape index (κ1) is 18.7. The van der Waals surface area contributed by atoms with Gasteiger partial charge >= 0.3 is 0 Å². The van der Waals surface area contributed by atoms with Gasteiger partial charge in [0, 0.05) is 5.69 Å². The molecule has 2 aromatic carbocycles. The van der Waals surface area contributed by atoms with Crippen molar-refractivity contribution >= 4 is 27.2 Å². The third-order valence-corrected chi connectivity index (χ3v) is 4.94. The van der Waals surface area contributed by atoms with Crippen LogP contribution in [0, 0.1) is 0 Å². The van der Waals surface area contributed by atoms with Crippen molar-refractivity contribution in [1.29, 1.82) is 0 Å². The normalized spacial score (nSPS) is 11.2. The van der Waals surface area contributed by atoms with Crippen LogP contribution >= 0.6 is 0 Å². The highest BCUT2D eigenvalue weighted by molar-refractivity contribution is 7.92. The molecule has 0 amide bonds. The molecular weight excluding hydrogens is 362 g/mol. The standard InChI is InChI=1S/C20H21N3O3S/c1-15(2)26-18-11-8-16(9-12-18)22-17-10-13-20(21-14-17)23-27(24,25)19-6-4-3-5-7-19/h3-15,22H,1-2H3,(H,21,23). The van der Waals surface area contributed by atoms with Gasteiger partial charge in [0.05, 0.1) is 22.9 Å². The second-order valence-corrected chi connectivity index (χ2v) is 7.85. The van der Waals surface area contributed by atoms with Gasteiger partial charge in [-0.3, -0.25) is 4.72 Å². The van der Waals surface area contributed by atoms with Crippen LogP contribution in [0.1, 0.15) is 13.8 Å². The number of nitrogens with one attached hydrogen (secondary N) is 2. The quantitative estimate of drug-likeness (QED) is 0.631. The second kappa shape index (κ2) is 8.09. The van der Waals surface area contributed by atoms with Crippen LogP contribution in [0.5, 0.6) is 5.75 Å². The van der Waals surface area contributed by atoms with Gasteiger partial charge in [-0.05, 0) is 62.4 Å². The monoisotopic (exact) mass is 383 g/mol. The highest BCUT2D eigenvalue weighted by Gasteiger charge is 2.13. The molecule has 0 aliphatic carbocycles. The van der Waals surface area contributed by atoms with E-state index in [1.807, 2.05) is 38.1 Å². The van der Waals surface area contributed by atoms with E-state index in [2.05, 4.69) is 15.0 Å². The van der Waals surface area contributed by atoms with E-state index in [1.54, 1.807) is 36.5 Å². The Bertz CT molecular complexity index is 971. The maximum atomic E-state index is 12.3. The van der Waals surface area contributed by atoms with Gasteiger partial charge in [-0.2, -0.15) is 0 Å². The van der Waals surface area contributed by atoms with Crippen molar-refractivity contribution in [1.82, 2.24) is 4.98 Å². The highest BCUT2D eigenvalue weighted by atomic mass is 32.2. The third kappa shape index (κ3) is 5.21. The molecule has 0 saturated carbocycles. The zero-order chi connectivity index (χ0) is 19.3. The van der Waals surface area contributed by atoms with Crippen LogP contribution in [-0.2, 0) is 10.0 Å². The fourth-order valence-corrected chi connectivity index (χ4v) is 3.41. The number of hydrogen-bond acceptors (Lipinski definition) is 5. The Hall–Kier alpha value is -3.06. The van der Waals surface area contributed by atoms with Gasteiger partial charge < -0.3 is 10.1 Å². The number of ether oxygens (including phenoxy) is 1. The summed E-state index contributed by atoms with van der Waals surface area (Å²) in [6.07, 6.45) is 1.70. The Morgan fingerprint density at radius 2 is 1.56 bits per heavy atom. The van der Waals surface area contributed by atoms with E-state index in [-0.39, 0.29) is 16.8 Å². The maximum absolute atomic E-state index is 12.3. The number of pyridine rings is 1. The Labute approximate surface area is 159 Å². The van der Waals surface area contributed by atoms with Crippen LogP contribution in [0.2, 0.25) is 0 Å². The fourth-order valence-electron chi connectivity index (χ4n) is 2.38. The Morgan fingerprint density at radius 3 is 2.15 bits per heavy atom. The fraction of sp³-hybridized carbons (Fsp3) is 0.150. The molecule has 3 rings (SSSR count). The van der Waals surface area contributed by atoms with Crippen LogP contribution in [-0.4, -0.2) is 19.5 Å². The van der Waals surface area contributed by atoms with Gasteiger partial charge in [0.2, 0.25) is 0 Å². The van der Waals surface area contributed by atoms with Gasteiger partial charge in [0.1, 0.15) is 11.6 Å². The van der Waals surface area contributed by atoms with Crippen molar-refractivity contribution in [2.45, 2.75) is 24.8 Å². The van der Waals surface area contributed by atoms with Crippen molar-refractivity contribution < 1.29 is 13.2 Å². The van der Waals surface area contributed by atoms with Crippen LogP contribution in [0.3, 0.4) is 0 Å². The SMILES string of the molecule is CC(C)Oc1ccc(Nc2ccc(NS(=O)(=O)c3ccccc3)nc2)cc1. The summed E-state index contributed by atoms with van der Waals surface area (Å²) in [4.78, 5) is 4.36. The van der Waals surface area contributed by atoms with E-state index in [9.17, 15) is 8.42 Å². The summed E-state index contributed by atoms with van der Waals surface area (Å²) >= 11 is 0. The molecule has 0 unspecified atom stereocenters. The highest BCUT2D eigenvalue weighted by Crippen LogP contribution is 2.21. The topological polar surface area (TPSA) is 80.3 Å². The number of aromatic nitrogens is 1. The zero-order valence-electron chi connectivity index (χ0n) is 15.1. The lowest BCUT2D eigenvalue weighted by atomic mass is 10.3. The molecule has 27 heavy (non-hydrogen) atoms. The summed E-state index contributed by atoms with van der Waals surface area (Å²) in [7, 11) is -3.65. The zero-order valence-corrected chi connectivity index (χ0v) is 15.9. The lowest BCUT2D eigenvalue weighted by molar-refractivity contribution is 0.242. The van der Waals surface area contributed by atoms with Crippen molar-refractivity contribution in [3.8, 4) is 5.75 Å². The van der Waals surface area contributed by atoms with Gasteiger partial charge in [0.15, 0.2) is 0 Å². The molecule has 1 aromatic heterocycles. The number of nitrogens with zero attached hydrogens (tertiary/aromatic N) is 1. The molecule has 0 aliphatic rings. The van der Waals surface area contributed by atoms with E-state index < -0.39 is 10.0 Å². The molecule has 0 atom stereocenters. The molecule has 2 N–H and O–H groups in total. The molecule has 0 aliphatic heterocycles. The third-order valence-electron chi connectivity index (χ3n) is 3.57. The molecule has 0 radical (unpaired) electrons. The summed E-state index contributed by atoms with van der Waals surface area (Å²) in [5.41, 5.74) is 1.63. The number of benzene rings is 2. The van der Waals surface area contributed by atoms with E-state index in [0.29, 0.717) is 0 Å². The van der Waals surface area contributed by atoms with E-state index in [4.69, 9.17) is 4.74 Å². The van der Waals surface area contributed by atoms with E-state index in [1.165, 1.54) is 12.1 Å². The molecule has 0 saturated heterocycles. The summed E-state index contributed by atoms with van der Waals surface area (Å²) in [5, 5.41) is 3.21. The van der Waals surface area contributed by atoms with Crippen LogP contribution in [0.25, 0.3) is 0 Å². The van der Waals surface area contributed by atoms with Gasteiger partial charge in [-0.1, -0.05) is 18.2 Å². The predicted octanol–water partition coefficient (Wildman–Crippen LogP) is 4.41. The van der Waals surface area contributed by atoms with Gasteiger partial charge in [-0.25, -0.2) is 13.4 Å². The molecular formula is C20H21N3O3S. The minimum atomic E-state index is -3.65. The smallest absolute Gasteiger partial charge is 0.263 e. The Balaban J connectivity index is 1.65. The molecule has 6 nitrogen and oxygen atoms in total. The molecule has 140 valence electrons. The maximum Gasteiger partial charge on any atom is 0.263 e. The Morgan fingerprint density at radius 1 is 0.889 bits per heavy atom. The summed E-state index contributed by atoms with van der Waals surface area (Å²) in [6, 6.07) is 19.1. The lowest BCUT2D eigenvalue weighted by Gasteiger charge is -2.11. The largest absolute Gasteiger partial charge is 0.491 e. The average Bonchev–Trinajstić information content (AvgIpc) is 2.65. The molecule has 0 bridgehead atoms. The van der Waals surface area contributed by atoms with Crippen LogP contribution in [0.4, 0.5) is 17.2 Å². The van der Waals surface area contributed by atoms with Gasteiger partial charge in [-0.15, -0.1) is 0 Å². The number of hydrogen-bond donors (Lipinski definition) is 2. The molecule has 0 spiro atoms. The minimum Gasteiger partial charge on any atom is -0.491 e. The summed E-state index contributed by atoms with van der Waals surface area (Å²) in [6.45, 7) is 3.96. The Kier molecular flexibility index (Phi) is 5.61. The van der Waals surface area contributed by atoms with Crippen molar-refractivity contribution in [2.24, 2.45) is 0 Å². The molecule has 0 fully saturated rings. The van der Waals surface area contributed by atoms with Gasteiger partial charge in [0.25, 0.3) is 10.0 Å². The second-order valence-electron chi connectivity index (χ2n) is 6.17. The first-order valence-corrected chi connectivity index (χ1v) is 9.98. The first-order valence-electron chi connectivity index (χ1n) is 8.50. The summed E-state index contributed by atoms with van der Waals surface area (Å²) < 4.78 is 32.7. The number of rotatable bonds is 7. The molecule has 1 heterocycles. The predicted molar refractivity (Wildman–Crippen MR) is 107 cm³/mol. The first-order chi connectivity index (χ1) is 12.9. The van der Waals surface area contributed by atoms with E-state index in [0.717, 1.165) is 17.1 Å². The van der Waals surface area contributed by atoms with Crippen LogP contribution < -0.4 is 14.8 Å². The van der Waals surface area contributed by atoms with Crippen molar-refractivity contribution in [2.75, 3.05) is 10.0 Å². The lowest BCUT2D eigenvalue weighted by Crippen LogP contribution is -2.13. The summed E-state index contributed by atoms with van der Waals surface area (Å²) in [5.74, 6) is 1.06. The van der Waals surface area contributed by atoms with Crippen molar-refractivity contribution in [3.63, 3.8) is 0 Å². The molecule has 7 heteroatoms. The van der Waals surface area contributed by atoms with Crippen LogP contribution in [0.15, 0.2) is 77.8 Å².